The van der Waals surface area contributed by atoms with Gasteiger partial charge in [0, 0.05) is 23.9 Å². The van der Waals surface area contributed by atoms with Gasteiger partial charge in [0.05, 0.1) is 13.6 Å². The number of carbonyl (C=O) groups is 1. The highest BCUT2D eigenvalue weighted by molar-refractivity contribution is 5.97. The highest BCUT2D eigenvalue weighted by Gasteiger charge is 2.12. The zero-order chi connectivity index (χ0) is 12.4. The van der Waals surface area contributed by atoms with E-state index in [0.29, 0.717) is 12.4 Å². The van der Waals surface area contributed by atoms with E-state index in [0.717, 1.165) is 5.56 Å². The monoisotopic (exact) mass is 233 g/mol. The van der Waals surface area contributed by atoms with Crippen LogP contribution in [0.25, 0.3) is 0 Å². The first-order chi connectivity index (χ1) is 8.06. The fourth-order valence-corrected chi connectivity index (χ4v) is 1.57. The van der Waals surface area contributed by atoms with Crippen LogP contribution in [0.4, 0.5) is 0 Å². The average molecular weight is 233 g/mol. The Morgan fingerprint density at radius 3 is 2.82 bits per heavy atom. The molecule has 0 aliphatic heterocycles. The summed E-state index contributed by atoms with van der Waals surface area (Å²) in [6.07, 6.45) is 3.67. The molecule has 6 heteroatoms. The van der Waals surface area contributed by atoms with E-state index in [2.05, 4.69) is 15.4 Å². The van der Waals surface area contributed by atoms with Gasteiger partial charge in [-0.2, -0.15) is 4.80 Å². The van der Waals surface area contributed by atoms with Gasteiger partial charge in [0.2, 0.25) is 0 Å². The highest BCUT2D eigenvalue weighted by atomic mass is 16.1. The molecule has 0 aliphatic rings. The Balaban J connectivity index is 2.11. The second kappa shape index (κ2) is 4.48. The zero-order valence-electron chi connectivity index (χ0n) is 10.2. The molecule has 6 nitrogen and oxygen atoms in total. The van der Waals surface area contributed by atoms with Crippen molar-refractivity contribution in [1.82, 2.24) is 24.8 Å². The van der Waals surface area contributed by atoms with Crippen molar-refractivity contribution in [2.45, 2.75) is 20.4 Å². The summed E-state index contributed by atoms with van der Waals surface area (Å²) in [7, 11) is 1.72. The van der Waals surface area contributed by atoms with Crippen molar-refractivity contribution < 1.29 is 4.79 Å². The Bertz CT molecular complexity index is 525. The average Bonchev–Trinajstić information content (AvgIpc) is 2.87. The molecule has 2 aromatic heterocycles. The Morgan fingerprint density at radius 2 is 2.24 bits per heavy atom. The van der Waals surface area contributed by atoms with Crippen molar-refractivity contribution in [2.24, 2.45) is 13.0 Å². The molecule has 0 N–H and O–H groups in total. The van der Waals surface area contributed by atoms with Gasteiger partial charge < -0.3 is 4.57 Å². The summed E-state index contributed by atoms with van der Waals surface area (Å²) < 4.78 is 1.88. The van der Waals surface area contributed by atoms with E-state index in [1.165, 1.54) is 4.80 Å². The number of aromatic nitrogens is 5. The summed E-state index contributed by atoms with van der Waals surface area (Å²) in [6, 6.07) is 1.82. The van der Waals surface area contributed by atoms with Gasteiger partial charge in [-0.3, -0.25) is 4.79 Å². The molecule has 0 saturated carbocycles. The molecule has 90 valence electrons. The van der Waals surface area contributed by atoms with Crippen molar-refractivity contribution in [2.75, 3.05) is 0 Å². The van der Waals surface area contributed by atoms with Gasteiger partial charge in [-0.15, -0.1) is 10.2 Å². The van der Waals surface area contributed by atoms with Gasteiger partial charge >= 0.3 is 0 Å². The van der Waals surface area contributed by atoms with Gasteiger partial charge in [0.25, 0.3) is 0 Å². The molecule has 0 aliphatic carbocycles. The number of ketones is 1. The van der Waals surface area contributed by atoms with Gasteiger partial charge in [-0.25, -0.2) is 0 Å². The molecule has 0 atom stereocenters. The molecular weight excluding hydrogens is 218 g/mol. The lowest BCUT2D eigenvalue weighted by Gasteiger charge is -2.00. The van der Waals surface area contributed by atoms with E-state index in [-0.39, 0.29) is 11.7 Å². The Hall–Kier alpha value is -1.98. The molecule has 0 radical (unpaired) electrons. The smallest absolute Gasteiger partial charge is 0.194 e. The summed E-state index contributed by atoms with van der Waals surface area (Å²) in [5.41, 5.74) is 0.726. The van der Waals surface area contributed by atoms with Crippen molar-refractivity contribution in [3.63, 3.8) is 0 Å². The third-order valence-corrected chi connectivity index (χ3v) is 2.43. The van der Waals surface area contributed by atoms with Gasteiger partial charge in [-0.05, 0) is 11.3 Å². The molecule has 2 aromatic rings. The van der Waals surface area contributed by atoms with Gasteiger partial charge in [0.15, 0.2) is 11.6 Å². The van der Waals surface area contributed by atoms with E-state index in [1.54, 1.807) is 7.05 Å². The van der Waals surface area contributed by atoms with Crippen LogP contribution < -0.4 is 0 Å². The largest absolute Gasteiger partial charge is 0.346 e. The maximum absolute atomic E-state index is 11.8. The number of nitrogens with zero attached hydrogens (tertiary/aromatic N) is 5. The van der Waals surface area contributed by atoms with Crippen LogP contribution in [0, 0.1) is 5.92 Å². The topological polar surface area (TPSA) is 65.6 Å². The number of rotatable bonds is 4. The lowest BCUT2D eigenvalue weighted by atomic mass is 10.0. The fraction of sp³-hybridized carbons (Fsp3) is 0.455. The fourth-order valence-electron chi connectivity index (χ4n) is 1.57. The second-order valence-electron chi connectivity index (χ2n) is 4.29. The number of Topliss-reactive ketones (excluding diaryl/α,β-unsaturated/α-hetero) is 1. The number of carbonyl (C=O) groups excluding carboxylic acids is 1. The third-order valence-electron chi connectivity index (χ3n) is 2.43. The Kier molecular flexibility index (Phi) is 3.03. The maximum atomic E-state index is 11.8. The van der Waals surface area contributed by atoms with E-state index in [1.807, 2.05) is 36.9 Å². The predicted molar refractivity (Wildman–Crippen MR) is 61.5 cm³/mol. The zero-order valence-corrected chi connectivity index (χ0v) is 10.2. The molecule has 0 bridgehead atoms. The summed E-state index contributed by atoms with van der Waals surface area (Å²) >= 11 is 0. The highest BCUT2D eigenvalue weighted by Crippen LogP contribution is 2.09. The van der Waals surface area contributed by atoms with E-state index < -0.39 is 0 Å². The number of hydrogen-bond acceptors (Lipinski definition) is 4. The molecule has 0 amide bonds. The first-order valence-corrected chi connectivity index (χ1v) is 5.49. The predicted octanol–water partition coefficient (Wildman–Crippen LogP) is 0.899. The van der Waals surface area contributed by atoms with Crippen LogP contribution in [-0.2, 0) is 13.6 Å². The van der Waals surface area contributed by atoms with Crippen LogP contribution in [0.15, 0.2) is 18.5 Å². The van der Waals surface area contributed by atoms with Crippen LogP contribution >= 0.6 is 0 Å². The van der Waals surface area contributed by atoms with Crippen LogP contribution in [0.5, 0.6) is 0 Å². The number of tetrazole rings is 1. The van der Waals surface area contributed by atoms with E-state index in [4.69, 9.17) is 0 Å². The number of hydrogen-bond donors (Lipinski definition) is 0. The van der Waals surface area contributed by atoms with Gasteiger partial charge in [-0.1, -0.05) is 13.8 Å². The summed E-state index contributed by atoms with van der Waals surface area (Å²) in [4.78, 5) is 13.2. The Labute approximate surface area is 99.2 Å². The SMILES string of the molecule is CC(C)C(=O)c1ccn(Cc2nnn(C)n2)c1. The molecule has 0 fully saturated rings. The van der Waals surface area contributed by atoms with Crippen molar-refractivity contribution in [1.29, 1.82) is 0 Å². The molecule has 2 heterocycles. The third kappa shape index (κ3) is 2.58. The standard InChI is InChI=1S/C11H15N5O/c1-8(2)11(17)9-4-5-16(6-9)7-10-12-14-15(3)13-10/h4-6,8H,7H2,1-3H3. The first kappa shape index (κ1) is 11.5. The van der Waals surface area contributed by atoms with E-state index in [9.17, 15) is 4.79 Å². The molecule has 2 rings (SSSR count). The summed E-state index contributed by atoms with van der Waals surface area (Å²) in [5.74, 6) is 0.794. The minimum absolute atomic E-state index is 0.0143. The molecule has 17 heavy (non-hydrogen) atoms. The second-order valence-corrected chi connectivity index (χ2v) is 4.29. The molecule has 0 spiro atoms. The summed E-state index contributed by atoms with van der Waals surface area (Å²) in [5, 5.41) is 11.7. The van der Waals surface area contributed by atoms with Crippen molar-refractivity contribution in [3.8, 4) is 0 Å². The van der Waals surface area contributed by atoms with Crippen LogP contribution in [0.3, 0.4) is 0 Å². The molecular formula is C11H15N5O. The molecule has 0 saturated heterocycles. The van der Waals surface area contributed by atoms with Gasteiger partial charge in [0.1, 0.15) is 0 Å². The quantitative estimate of drug-likeness (QED) is 0.736. The maximum Gasteiger partial charge on any atom is 0.194 e. The summed E-state index contributed by atoms with van der Waals surface area (Å²) in [6.45, 7) is 4.31. The Morgan fingerprint density at radius 1 is 1.47 bits per heavy atom. The molecule has 0 unspecified atom stereocenters. The van der Waals surface area contributed by atoms with Crippen molar-refractivity contribution in [3.05, 3.63) is 29.8 Å². The number of aryl methyl sites for hydroxylation is 1. The van der Waals surface area contributed by atoms with Crippen LogP contribution in [-0.4, -0.2) is 30.6 Å². The lowest BCUT2D eigenvalue weighted by molar-refractivity contribution is 0.0939. The minimum Gasteiger partial charge on any atom is -0.346 e. The molecule has 0 aromatic carbocycles. The normalized spacial score (nSPS) is 11.1. The van der Waals surface area contributed by atoms with Crippen LogP contribution in [0.2, 0.25) is 0 Å². The first-order valence-electron chi connectivity index (χ1n) is 5.49. The van der Waals surface area contributed by atoms with Crippen molar-refractivity contribution >= 4 is 5.78 Å². The van der Waals surface area contributed by atoms with Crippen LogP contribution in [0.1, 0.15) is 30.0 Å². The minimum atomic E-state index is 0.0143. The van der Waals surface area contributed by atoms with E-state index >= 15 is 0 Å². The lowest BCUT2D eigenvalue weighted by Crippen LogP contribution is -2.06.